The Morgan fingerprint density at radius 2 is 1.48 bits per heavy atom. The maximum atomic E-state index is 13.4. The van der Waals surface area contributed by atoms with Crippen LogP contribution in [0.15, 0.2) is 48.5 Å². The van der Waals surface area contributed by atoms with E-state index in [0.717, 1.165) is 31.5 Å². The number of rotatable bonds is 5. The Morgan fingerprint density at radius 3 is 2.03 bits per heavy atom. The van der Waals surface area contributed by atoms with E-state index in [1.54, 1.807) is 12.1 Å². The highest BCUT2D eigenvalue weighted by atomic mass is 19.1. The molecule has 0 spiro atoms. The van der Waals surface area contributed by atoms with Crippen molar-refractivity contribution in [3.63, 3.8) is 0 Å². The standard InChI is InChI=1S/C23H25F2NO3/c1-16(22(27)17-2-6-20(24)7-3-17)26-12-10-19(11-13-26)23(28-14-15-29-23)18-4-8-21(25)9-5-18/h2-9,16,19H,10-15H2,1H3. The molecule has 0 aromatic heterocycles. The molecule has 0 N–H and O–H groups in total. The van der Waals surface area contributed by atoms with Gasteiger partial charge in [0.05, 0.1) is 19.3 Å². The summed E-state index contributed by atoms with van der Waals surface area (Å²) in [5, 5.41) is 0. The van der Waals surface area contributed by atoms with Crippen LogP contribution in [-0.4, -0.2) is 43.0 Å². The van der Waals surface area contributed by atoms with Gasteiger partial charge in [-0.05, 0) is 69.3 Å². The Hall–Kier alpha value is -2.15. The number of piperidine rings is 1. The van der Waals surface area contributed by atoms with Gasteiger partial charge >= 0.3 is 0 Å². The van der Waals surface area contributed by atoms with Crippen LogP contribution in [0.2, 0.25) is 0 Å². The van der Waals surface area contributed by atoms with Gasteiger partial charge in [-0.25, -0.2) is 8.78 Å². The Morgan fingerprint density at radius 1 is 0.966 bits per heavy atom. The second-order valence-corrected chi connectivity index (χ2v) is 7.73. The van der Waals surface area contributed by atoms with Gasteiger partial charge in [-0.15, -0.1) is 0 Å². The van der Waals surface area contributed by atoms with E-state index < -0.39 is 5.79 Å². The molecule has 0 aliphatic carbocycles. The minimum absolute atomic E-state index is 0.00920. The van der Waals surface area contributed by atoms with E-state index in [1.807, 2.05) is 6.92 Å². The van der Waals surface area contributed by atoms with Crippen molar-refractivity contribution in [2.75, 3.05) is 26.3 Å². The van der Waals surface area contributed by atoms with Crippen LogP contribution in [0.4, 0.5) is 8.78 Å². The largest absolute Gasteiger partial charge is 0.343 e. The zero-order chi connectivity index (χ0) is 20.4. The highest BCUT2D eigenvalue weighted by Crippen LogP contribution is 2.43. The molecule has 4 rings (SSSR count). The van der Waals surface area contributed by atoms with Crippen LogP contribution in [0.3, 0.4) is 0 Å². The molecule has 2 saturated heterocycles. The van der Waals surface area contributed by atoms with Gasteiger partial charge < -0.3 is 9.47 Å². The number of ketones is 1. The van der Waals surface area contributed by atoms with Gasteiger partial charge in [0.2, 0.25) is 0 Å². The number of halogens is 2. The summed E-state index contributed by atoms with van der Waals surface area (Å²) < 4.78 is 38.6. The van der Waals surface area contributed by atoms with Crippen molar-refractivity contribution in [1.29, 1.82) is 0 Å². The summed E-state index contributed by atoms with van der Waals surface area (Å²) in [6.45, 7) is 4.38. The second-order valence-electron chi connectivity index (χ2n) is 7.73. The van der Waals surface area contributed by atoms with Crippen LogP contribution >= 0.6 is 0 Å². The number of likely N-dealkylation sites (tertiary alicyclic amines) is 1. The molecule has 154 valence electrons. The van der Waals surface area contributed by atoms with Gasteiger partial charge in [-0.1, -0.05) is 12.1 Å². The number of benzene rings is 2. The van der Waals surface area contributed by atoms with Crippen LogP contribution in [0, 0.1) is 17.6 Å². The van der Waals surface area contributed by atoms with Crippen LogP contribution in [-0.2, 0) is 15.3 Å². The number of hydrogen-bond acceptors (Lipinski definition) is 4. The average molecular weight is 401 g/mol. The summed E-state index contributed by atoms with van der Waals surface area (Å²) in [5.41, 5.74) is 1.36. The van der Waals surface area contributed by atoms with Crippen LogP contribution in [0.25, 0.3) is 0 Å². The first kappa shape index (κ1) is 20.1. The first-order chi connectivity index (χ1) is 14.0. The van der Waals surface area contributed by atoms with E-state index in [1.165, 1.54) is 36.4 Å². The lowest BCUT2D eigenvalue weighted by Gasteiger charge is -2.42. The van der Waals surface area contributed by atoms with Gasteiger partial charge in [0.1, 0.15) is 11.6 Å². The van der Waals surface area contributed by atoms with E-state index >= 15 is 0 Å². The number of ether oxygens (including phenoxy) is 2. The highest BCUT2D eigenvalue weighted by molar-refractivity contribution is 5.99. The second kappa shape index (κ2) is 8.30. The molecular weight excluding hydrogens is 376 g/mol. The molecule has 0 bridgehead atoms. The minimum atomic E-state index is -0.843. The first-order valence-electron chi connectivity index (χ1n) is 10.1. The van der Waals surface area contributed by atoms with Crippen molar-refractivity contribution >= 4 is 5.78 Å². The molecule has 29 heavy (non-hydrogen) atoms. The van der Waals surface area contributed by atoms with Crippen LogP contribution in [0.1, 0.15) is 35.7 Å². The van der Waals surface area contributed by atoms with Crippen molar-refractivity contribution < 1.29 is 23.0 Å². The van der Waals surface area contributed by atoms with E-state index in [4.69, 9.17) is 9.47 Å². The Kier molecular flexibility index (Phi) is 5.76. The van der Waals surface area contributed by atoms with Gasteiger partial charge in [0, 0.05) is 17.0 Å². The van der Waals surface area contributed by atoms with E-state index in [0.29, 0.717) is 18.8 Å². The van der Waals surface area contributed by atoms with Crippen molar-refractivity contribution in [3.8, 4) is 0 Å². The predicted molar refractivity (Wildman–Crippen MR) is 104 cm³/mol. The SMILES string of the molecule is CC(C(=O)c1ccc(F)cc1)N1CCC(C2(c3ccc(F)cc3)OCCO2)CC1. The third-order valence-electron chi connectivity index (χ3n) is 6.09. The lowest BCUT2D eigenvalue weighted by molar-refractivity contribution is -0.214. The van der Waals surface area contributed by atoms with Gasteiger partial charge in [0.25, 0.3) is 0 Å². The summed E-state index contributed by atoms with van der Waals surface area (Å²) in [5.74, 6) is -1.36. The fraction of sp³-hybridized carbons (Fsp3) is 0.435. The normalized spacial score (nSPS) is 21.2. The summed E-state index contributed by atoms with van der Waals surface area (Å²) in [6.07, 6.45) is 1.61. The molecule has 4 nitrogen and oxygen atoms in total. The molecule has 1 atom stereocenters. The van der Waals surface area contributed by atoms with Gasteiger partial charge in [-0.3, -0.25) is 9.69 Å². The fourth-order valence-electron chi connectivity index (χ4n) is 4.44. The Bertz CT molecular complexity index is 839. The van der Waals surface area contributed by atoms with Crippen molar-refractivity contribution in [3.05, 3.63) is 71.3 Å². The van der Waals surface area contributed by atoms with E-state index in [2.05, 4.69) is 4.90 Å². The lowest BCUT2D eigenvalue weighted by atomic mass is 9.83. The number of carbonyl (C=O) groups excluding carboxylic acids is 1. The molecule has 6 heteroatoms. The zero-order valence-electron chi connectivity index (χ0n) is 16.4. The molecule has 2 aromatic rings. The molecule has 2 heterocycles. The topological polar surface area (TPSA) is 38.8 Å². The summed E-state index contributed by atoms with van der Waals surface area (Å²) in [4.78, 5) is 14.9. The van der Waals surface area contributed by atoms with Crippen LogP contribution in [0.5, 0.6) is 0 Å². The third-order valence-corrected chi connectivity index (χ3v) is 6.09. The van der Waals surface area contributed by atoms with Crippen molar-refractivity contribution in [2.45, 2.75) is 31.6 Å². The molecule has 0 amide bonds. The molecule has 0 saturated carbocycles. The molecule has 2 aliphatic heterocycles. The lowest BCUT2D eigenvalue weighted by Crippen LogP contribution is -2.48. The Balaban J connectivity index is 1.44. The molecule has 0 radical (unpaired) electrons. The smallest absolute Gasteiger partial charge is 0.197 e. The van der Waals surface area contributed by atoms with Crippen LogP contribution < -0.4 is 0 Å². The first-order valence-corrected chi connectivity index (χ1v) is 10.1. The fourth-order valence-corrected chi connectivity index (χ4v) is 4.44. The summed E-state index contributed by atoms with van der Waals surface area (Å²) >= 11 is 0. The molecule has 2 aliphatic rings. The average Bonchev–Trinajstić information content (AvgIpc) is 3.25. The van der Waals surface area contributed by atoms with Gasteiger partial charge in [-0.2, -0.15) is 0 Å². The maximum absolute atomic E-state index is 13.4. The number of nitrogens with zero attached hydrogens (tertiary/aromatic N) is 1. The maximum Gasteiger partial charge on any atom is 0.197 e. The summed E-state index contributed by atoms with van der Waals surface area (Å²) in [7, 11) is 0. The highest BCUT2D eigenvalue weighted by Gasteiger charge is 2.47. The predicted octanol–water partition coefficient (Wildman–Crippen LogP) is 4.15. The monoisotopic (exact) mass is 401 g/mol. The van der Waals surface area contributed by atoms with Crippen molar-refractivity contribution in [1.82, 2.24) is 4.90 Å². The van der Waals surface area contributed by atoms with E-state index in [-0.39, 0.29) is 29.4 Å². The third kappa shape index (κ3) is 3.97. The number of Topliss-reactive ketones (excluding diaryl/α,β-unsaturated/α-hetero) is 1. The molecular formula is C23H25F2NO3. The van der Waals surface area contributed by atoms with E-state index in [9.17, 15) is 13.6 Å². The number of hydrogen-bond donors (Lipinski definition) is 0. The molecule has 1 unspecified atom stereocenters. The summed E-state index contributed by atoms with van der Waals surface area (Å²) in [6, 6.07) is 11.7. The molecule has 2 fully saturated rings. The number of carbonyl (C=O) groups is 1. The van der Waals surface area contributed by atoms with Crippen molar-refractivity contribution in [2.24, 2.45) is 5.92 Å². The minimum Gasteiger partial charge on any atom is -0.343 e. The molecule has 2 aromatic carbocycles. The quantitative estimate of drug-likeness (QED) is 0.706. The zero-order valence-corrected chi connectivity index (χ0v) is 16.4. The van der Waals surface area contributed by atoms with Gasteiger partial charge in [0.15, 0.2) is 11.6 Å². The Labute approximate surface area is 169 Å².